The van der Waals surface area contributed by atoms with Crippen LogP contribution in [0.15, 0.2) is 70.5 Å². The zero-order valence-corrected chi connectivity index (χ0v) is 24.6. The van der Waals surface area contributed by atoms with E-state index in [1.165, 1.54) is 32.1 Å². The summed E-state index contributed by atoms with van der Waals surface area (Å²) in [6, 6.07) is 19.1. The van der Waals surface area contributed by atoms with Crippen LogP contribution in [0.1, 0.15) is 75.9 Å². The lowest BCUT2D eigenvalue weighted by Gasteiger charge is -2.31. The molecule has 6 nitrogen and oxygen atoms in total. The molecule has 210 valence electrons. The van der Waals surface area contributed by atoms with Crippen LogP contribution in [-0.2, 0) is 17.3 Å². The van der Waals surface area contributed by atoms with E-state index in [9.17, 15) is 13.8 Å². The van der Waals surface area contributed by atoms with Gasteiger partial charge in [0.05, 0.1) is 38.4 Å². The molecule has 7 heteroatoms. The first-order valence-corrected chi connectivity index (χ1v) is 15.5. The maximum Gasteiger partial charge on any atom is 0.259 e. The van der Waals surface area contributed by atoms with E-state index in [4.69, 9.17) is 0 Å². The van der Waals surface area contributed by atoms with Crippen LogP contribution in [0.25, 0.3) is 0 Å². The van der Waals surface area contributed by atoms with E-state index in [1.807, 2.05) is 13.8 Å². The minimum Gasteiger partial charge on any atom is -0.352 e. The van der Waals surface area contributed by atoms with E-state index >= 15 is 0 Å². The number of nitrogens with zero attached hydrogens (tertiary/aromatic N) is 2. The molecule has 0 unspecified atom stereocenters. The third-order valence-corrected chi connectivity index (χ3v) is 9.78. The first-order valence-electron chi connectivity index (χ1n) is 14.3. The van der Waals surface area contributed by atoms with Crippen molar-refractivity contribution in [2.45, 2.75) is 74.7 Å². The van der Waals surface area contributed by atoms with E-state index in [-0.39, 0.29) is 11.8 Å². The summed E-state index contributed by atoms with van der Waals surface area (Å²) >= 11 is 0. The molecule has 0 spiro atoms. The second kappa shape index (κ2) is 12.5. The summed E-state index contributed by atoms with van der Waals surface area (Å²) in [5.41, 5.74) is 4.60. The number of anilines is 1. The van der Waals surface area contributed by atoms with Gasteiger partial charge in [-0.1, -0.05) is 55.2 Å². The standard InChI is InChI=1S/C33H39N3O3S/c1-23-14-15-24(2)26(20-23)22-36-29-21-25(32(37)34-18-9-19-35(3)27-10-5-4-6-11-27)16-17-31(29)40(39)30-13-8-7-12-28(30)33(36)38/h7-8,12-17,20-21,27H,4-6,9-11,18-19,22H2,1-3H3,(H,34,37)/t40-/m0/s1. The molecule has 2 aliphatic rings. The maximum atomic E-state index is 13.9. The molecule has 0 saturated heterocycles. The minimum absolute atomic E-state index is 0.185. The number of hydrogen-bond donors (Lipinski definition) is 1. The molecule has 1 heterocycles. The lowest BCUT2D eigenvalue weighted by Crippen LogP contribution is -2.36. The molecule has 0 aromatic heterocycles. The summed E-state index contributed by atoms with van der Waals surface area (Å²) in [4.78, 5) is 32.3. The monoisotopic (exact) mass is 557 g/mol. The van der Waals surface area contributed by atoms with Crippen molar-refractivity contribution in [2.24, 2.45) is 0 Å². The second-order valence-electron chi connectivity index (χ2n) is 11.2. The highest BCUT2D eigenvalue weighted by Crippen LogP contribution is 2.36. The highest BCUT2D eigenvalue weighted by atomic mass is 32.2. The zero-order chi connectivity index (χ0) is 28.2. The van der Waals surface area contributed by atoms with Crippen LogP contribution >= 0.6 is 0 Å². The Labute approximate surface area is 240 Å². The topological polar surface area (TPSA) is 69.7 Å². The lowest BCUT2D eigenvalue weighted by atomic mass is 9.94. The number of aryl methyl sites for hydroxylation is 2. The summed E-state index contributed by atoms with van der Waals surface area (Å²) in [6.07, 6.45) is 7.36. The van der Waals surface area contributed by atoms with Gasteiger partial charge in [0.2, 0.25) is 0 Å². The van der Waals surface area contributed by atoms with Crippen LogP contribution in [0.3, 0.4) is 0 Å². The lowest BCUT2D eigenvalue weighted by molar-refractivity contribution is 0.0947. The fraction of sp³-hybridized carbons (Fsp3) is 0.394. The van der Waals surface area contributed by atoms with Crippen molar-refractivity contribution in [1.82, 2.24) is 10.2 Å². The number of amides is 2. The highest BCUT2D eigenvalue weighted by molar-refractivity contribution is 7.85. The number of benzene rings is 3. The van der Waals surface area contributed by atoms with Gasteiger partial charge in [-0.15, -0.1) is 0 Å². The molecule has 0 bridgehead atoms. The molecule has 5 rings (SSSR count). The number of carbonyl (C=O) groups excluding carboxylic acids is 2. The molecule has 0 radical (unpaired) electrons. The minimum atomic E-state index is -1.55. The largest absolute Gasteiger partial charge is 0.352 e. The SMILES string of the molecule is Cc1ccc(C)c(CN2C(=O)c3ccccc3[S@](=O)c3ccc(C(=O)NCCCN(C)C4CCCCC4)cc32)c1. The quantitative estimate of drug-likeness (QED) is 0.344. The van der Waals surface area contributed by atoms with Crippen LogP contribution in [0.2, 0.25) is 0 Å². The van der Waals surface area contributed by atoms with Gasteiger partial charge in [-0.3, -0.25) is 9.59 Å². The average molecular weight is 558 g/mol. The predicted molar refractivity (Wildman–Crippen MR) is 160 cm³/mol. The molecule has 1 N–H and O–H groups in total. The molecular weight excluding hydrogens is 518 g/mol. The van der Waals surface area contributed by atoms with Crippen molar-refractivity contribution in [1.29, 1.82) is 0 Å². The number of hydrogen-bond acceptors (Lipinski definition) is 4. The molecule has 40 heavy (non-hydrogen) atoms. The van der Waals surface area contributed by atoms with Crippen molar-refractivity contribution < 1.29 is 13.8 Å². The number of nitrogens with one attached hydrogen (secondary N) is 1. The summed E-state index contributed by atoms with van der Waals surface area (Å²) in [5.74, 6) is -0.401. The van der Waals surface area contributed by atoms with Gasteiger partial charge in [0.25, 0.3) is 11.8 Å². The van der Waals surface area contributed by atoms with Crippen LogP contribution in [0, 0.1) is 13.8 Å². The Bertz CT molecular complexity index is 1430. The van der Waals surface area contributed by atoms with Gasteiger partial charge in [-0.05, 0) is 88.2 Å². The van der Waals surface area contributed by atoms with E-state index in [0.29, 0.717) is 45.7 Å². The Hall–Kier alpha value is -3.29. The van der Waals surface area contributed by atoms with Gasteiger partial charge in [0.1, 0.15) is 0 Å². The normalized spacial score (nSPS) is 17.4. The number of fused-ring (bicyclic) bond motifs is 2. The molecule has 1 atom stereocenters. The summed E-state index contributed by atoms with van der Waals surface area (Å²) in [7, 11) is 0.632. The number of carbonyl (C=O) groups is 2. The fourth-order valence-corrected chi connectivity index (χ4v) is 7.18. The maximum absolute atomic E-state index is 13.9. The van der Waals surface area contributed by atoms with Gasteiger partial charge in [0.15, 0.2) is 0 Å². The van der Waals surface area contributed by atoms with E-state index in [0.717, 1.165) is 29.7 Å². The first kappa shape index (κ1) is 28.2. The van der Waals surface area contributed by atoms with Crippen LogP contribution in [-0.4, -0.2) is 47.1 Å². The van der Waals surface area contributed by atoms with E-state index in [2.05, 4.69) is 35.5 Å². The fourth-order valence-electron chi connectivity index (χ4n) is 5.84. The van der Waals surface area contributed by atoms with E-state index in [1.54, 1.807) is 47.4 Å². The molecule has 1 saturated carbocycles. The van der Waals surface area contributed by atoms with Gasteiger partial charge < -0.3 is 15.1 Å². The Kier molecular flexibility index (Phi) is 8.81. The highest BCUT2D eigenvalue weighted by Gasteiger charge is 2.32. The summed E-state index contributed by atoms with van der Waals surface area (Å²) < 4.78 is 13.7. The van der Waals surface area contributed by atoms with Crippen molar-refractivity contribution in [3.05, 3.63) is 88.5 Å². The van der Waals surface area contributed by atoms with Gasteiger partial charge in [-0.25, -0.2) is 4.21 Å². The molecule has 1 aliphatic heterocycles. The second-order valence-corrected chi connectivity index (χ2v) is 12.6. The molecule has 1 aliphatic carbocycles. The Morgan fingerprint density at radius 3 is 2.58 bits per heavy atom. The predicted octanol–water partition coefficient (Wildman–Crippen LogP) is 6.01. The Balaban J connectivity index is 1.38. The Morgan fingerprint density at radius 2 is 1.77 bits per heavy atom. The van der Waals surface area contributed by atoms with Gasteiger partial charge in [0, 0.05) is 18.2 Å². The van der Waals surface area contributed by atoms with Crippen molar-refractivity contribution in [3.8, 4) is 0 Å². The van der Waals surface area contributed by atoms with E-state index < -0.39 is 10.8 Å². The molecule has 1 fully saturated rings. The average Bonchev–Trinajstić information content (AvgIpc) is 3.06. The van der Waals surface area contributed by atoms with Crippen LogP contribution in [0.4, 0.5) is 5.69 Å². The van der Waals surface area contributed by atoms with Gasteiger partial charge in [-0.2, -0.15) is 0 Å². The summed E-state index contributed by atoms with van der Waals surface area (Å²) in [6.45, 7) is 5.91. The summed E-state index contributed by atoms with van der Waals surface area (Å²) in [5, 5.41) is 3.06. The Morgan fingerprint density at radius 1 is 1.00 bits per heavy atom. The van der Waals surface area contributed by atoms with Crippen molar-refractivity contribution in [2.75, 3.05) is 25.0 Å². The first-order chi connectivity index (χ1) is 19.3. The molecule has 2 amide bonds. The van der Waals surface area contributed by atoms with Crippen LogP contribution < -0.4 is 10.2 Å². The molecule has 3 aromatic rings. The number of rotatable bonds is 8. The molecular formula is C33H39N3O3S. The third kappa shape index (κ3) is 6.06. The third-order valence-electron chi connectivity index (χ3n) is 8.28. The van der Waals surface area contributed by atoms with Crippen molar-refractivity contribution >= 4 is 28.3 Å². The molecule has 3 aromatic carbocycles. The zero-order valence-electron chi connectivity index (χ0n) is 23.7. The van der Waals surface area contributed by atoms with Crippen molar-refractivity contribution in [3.63, 3.8) is 0 Å². The smallest absolute Gasteiger partial charge is 0.259 e. The van der Waals surface area contributed by atoms with Crippen LogP contribution in [0.5, 0.6) is 0 Å². The van der Waals surface area contributed by atoms with Gasteiger partial charge >= 0.3 is 0 Å².